The zero-order valence-electron chi connectivity index (χ0n) is 13.9. The van der Waals surface area contributed by atoms with Crippen LogP contribution in [0.25, 0.3) is 0 Å². The minimum absolute atomic E-state index is 0.0493. The molecule has 0 bridgehead atoms. The predicted molar refractivity (Wildman–Crippen MR) is 92.2 cm³/mol. The number of rotatable bonds is 5. The summed E-state index contributed by atoms with van der Waals surface area (Å²) in [4.78, 5) is 12.2. The standard InChI is InChI=1S/C21H19F3O/c1-16-6-5-9-19(14-16)20(25)13-12-18(15-21(22,23)24)11-10-17-7-3-2-4-8-17/h2-9,14,18H,12-13,15H2,1H3. The van der Waals surface area contributed by atoms with Crippen LogP contribution >= 0.6 is 0 Å². The first-order chi connectivity index (χ1) is 11.8. The molecule has 1 atom stereocenters. The molecule has 0 N–H and O–H groups in total. The fraction of sp³-hybridized carbons (Fsp3) is 0.286. The summed E-state index contributed by atoms with van der Waals surface area (Å²) >= 11 is 0. The van der Waals surface area contributed by atoms with Gasteiger partial charge >= 0.3 is 6.18 Å². The van der Waals surface area contributed by atoms with Crippen LogP contribution in [-0.4, -0.2) is 12.0 Å². The first kappa shape index (κ1) is 18.8. The largest absolute Gasteiger partial charge is 0.390 e. The molecule has 1 unspecified atom stereocenters. The smallest absolute Gasteiger partial charge is 0.294 e. The molecule has 0 saturated carbocycles. The SMILES string of the molecule is Cc1cccc(C(=O)CCC(C#Cc2ccccc2)CC(F)(F)F)c1. The van der Waals surface area contributed by atoms with E-state index in [0.29, 0.717) is 11.1 Å². The van der Waals surface area contributed by atoms with Gasteiger partial charge in [-0.1, -0.05) is 53.8 Å². The Morgan fingerprint density at radius 3 is 2.44 bits per heavy atom. The van der Waals surface area contributed by atoms with Crippen molar-refractivity contribution < 1.29 is 18.0 Å². The van der Waals surface area contributed by atoms with Crippen molar-refractivity contribution in [3.8, 4) is 11.8 Å². The van der Waals surface area contributed by atoms with Gasteiger partial charge < -0.3 is 0 Å². The van der Waals surface area contributed by atoms with Crippen LogP contribution in [0.1, 0.15) is 40.7 Å². The van der Waals surface area contributed by atoms with Gasteiger partial charge in [-0.2, -0.15) is 13.2 Å². The van der Waals surface area contributed by atoms with Gasteiger partial charge in [-0.05, 0) is 31.5 Å². The number of hydrogen-bond acceptors (Lipinski definition) is 1. The van der Waals surface area contributed by atoms with Crippen molar-refractivity contribution in [2.45, 2.75) is 32.4 Å². The third kappa shape index (κ3) is 6.84. The topological polar surface area (TPSA) is 17.1 Å². The molecule has 0 aliphatic rings. The number of Topliss-reactive ketones (excluding diaryl/α,β-unsaturated/α-hetero) is 1. The Bertz CT molecular complexity index is 767. The third-order valence-electron chi connectivity index (χ3n) is 3.73. The minimum Gasteiger partial charge on any atom is -0.294 e. The predicted octanol–water partition coefficient (Wildman–Crippen LogP) is 5.58. The maximum absolute atomic E-state index is 12.8. The van der Waals surface area contributed by atoms with E-state index < -0.39 is 18.5 Å². The van der Waals surface area contributed by atoms with E-state index in [0.717, 1.165) is 5.56 Å². The summed E-state index contributed by atoms with van der Waals surface area (Å²) < 4.78 is 38.3. The average molecular weight is 344 g/mol. The second kappa shape index (κ2) is 8.53. The Kier molecular flexibility index (Phi) is 6.41. The van der Waals surface area contributed by atoms with E-state index in [1.807, 2.05) is 19.1 Å². The molecule has 0 spiro atoms. The van der Waals surface area contributed by atoms with E-state index in [4.69, 9.17) is 0 Å². The van der Waals surface area contributed by atoms with Crippen LogP contribution < -0.4 is 0 Å². The van der Waals surface area contributed by atoms with Crippen LogP contribution in [0.4, 0.5) is 13.2 Å². The van der Waals surface area contributed by atoms with Crippen molar-refractivity contribution in [2.24, 2.45) is 5.92 Å². The minimum atomic E-state index is -4.30. The molecule has 0 aliphatic heterocycles. The van der Waals surface area contributed by atoms with Crippen molar-refractivity contribution in [1.29, 1.82) is 0 Å². The monoisotopic (exact) mass is 344 g/mol. The van der Waals surface area contributed by atoms with Gasteiger partial charge in [0.2, 0.25) is 0 Å². The Hall–Kier alpha value is -2.54. The molecule has 4 heteroatoms. The molecule has 0 heterocycles. The summed E-state index contributed by atoms with van der Waals surface area (Å²) in [5, 5.41) is 0. The molecule has 0 saturated heterocycles. The molecule has 0 aromatic heterocycles. The van der Waals surface area contributed by atoms with Crippen LogP contribution in [-0.2, 0) is 0 Å². The lowest BCUT2D eigenvalue weighted by atomic mass is 9.95. The lowest BCUT2D eigenvalue weighted by Gasteiger charge is -2.13. The molecule has 1 nitrogen and oxygen atoms in total. The van der Waals surface area contributed by atoms with Gasteiger partial charge in [0.15, 0.2) is 5.78 Å². The molecule has 25 heavy (non-hydrogen) atoms. The van der Waals surface area contributed by atoms with Crippen LogP contribution in [0.15, 0.2) is 54.6 Å². The van der Waals surface area contributed by atoms with Crippen molar-refractivity contribution in [1.82, 2.24) is 0 Å². The maximum Gasteiger partial charge on any atom is 0.390 e. The van der Waals surface area contributed by atoms with Crippen LogP contribution in [0.2, 0.25) is 0 Å². The van der Waals surface area contributed by atoms with Gasteiger partial charge in [0.05, 0.1) is 6.42 Å². The first-order valence-electron chi connectivity index (χ1n) is 8.07. The van der Waals surface area contributed by atoms with Gasteiger partial charge in [0.25, 0.3) is 0 Å². The molecule has 2 aromatic carbocycles. The first-order valence-corrected chi connectivity index (χ1v) is 8.07. The Morgan fingerprint density at radius 1 is 1.08 bits per heavy atom. The summed E-state index contributed by atoms with van der Waals surface area (Å²) in [6, 6.07) is 15.9. The number of hydrogen-bond donors (Lipinski definition) is 0. The quantitative estimate of drug-likeness (QED) is 0.511. The fourth-order valence-corrected chi connectivity index (χ4v) is 2.48. The zero-order chi connectivity index (χ0) is 18.3. The number of benzene rings is 2. The number of alkyl halides is 3. The van der Waals surface area contributed by atoms with E-state index >= 15 is 0 Å². The van der Waals surface area contributed by atoms with Gasteiger partial charge in [0.1, 0.15) is 0 Å². The van der Waals surface area contributed by atoms with Gasteiger partial charge in [-0.3, -0.25) is 4.79 Å². The highest BCUT2D eigenvalue weighted by Crippen LogP contribution is 2.27. The molecule has 2 rings (SSSR count). The number of aryl methyl sites for hydroxylation is 1. The van der Waals surface area contributed by atoms with E-state index in [-0.39, 0.29) is 18.6 Å². The third-order valence-corrected chi connectivity index (χ3v) is 3.73. The number of carbonyl (C=O) groups is 1. The fourth-order valence-electron chi connectivity index (χ4n) is 2.48. The average Bonchev–Trinajstić information content (AvgIpc) is 2.57. The second-order valence-corrected chi connectivity index (χ2v) is 5.98. The number of halogens is 3. The second-order valence-electron chi connectivity index (χ2n) is 5.98. The molecule has 0 amide bonds. The Balaban J connectivity index is 2.06. The van der Waals surface area contributed by atoms with Crippen LogP contribution in [0.3, 0.4) is 0 Å². The van der Waals surface area contributed by atoms with Gasteiger partial charge in [-0.25, -0.2) is 0 Å². The normalized spacial score (nSPS) is 12.2. The summed E-state index contributed by atoms with van der Waals surface area (Å²) in [6.45, 7) is 1.87. The summed E-state index contributed by atoms with van der Waals surface area (Å²) in [5.41, 5.74) is 2.14. The summed E-state index contributed by atoms with van der Waals surface area (Å²) in [6.07, 6.45) is -5.17. The van der Waals surface area contributed by atoms with Gasteiger partial charge in [0, 0.05) is 23.5 Å². The molecule has 2 aromatic rings. The molecular weight excluding hydrogens is 325 g/mol. The van der Waals surface area contributed by atoms with E-state index in [9.17, 15) is 18.0 Å². The number of ketones is 1. The van der Waals surface area contributed by atoms with E-state index in [1.54, 1.807) is 42.5 Å². The molecule has 0 radical (unpaired) electrons. The van der Waals surface area contributed by atoms with Crippen LogP contribution in [0, 0.1) is 24.7 Å². The van der Waals surface area contributed by atoms with E-state index in [2.05, 4.69) is 11.8 Å². The van der Waals surface area contributed by atoms with Crippen molar-refractivity contribution in [3.63, 3.8) is 0 Å². The maximum atomic E-state index is 12.8. The molecule has 0 fully saturated rings. The lowest BCUT2D eigenvalue weighted by Crippen LogP contribution is -2.15. The number of carbonyl (C=O) groups excluding carboxylic acids is 1. The van der Waals surface area contributed by atoms with Crippen molar-refractivity contribution in [3.05, 3.63) is 71.3 Å². The Labute approximate surface area is 145 Å². The van der Waals surface area contributed by atoms with Crippen LogP contribution in [0.5, 0.6) is 0 Å². The summed E-state index contributed by atoms with van der Waals surface area (Å²) in [7, 11) is 0. The Morgan fingerprint density at radius 2 is 1.80 bits per heavy atom. The van der Waals surface area contributed by atoms with Gasteiger partial charge in [-0.15, -0.1) is 0 Å². The zero-order valence-corrected chi connectivity index (χ0v) is 13.9. The highest BCUT2D eigenvalue weighted by atomic mass is 19.4. The molecular formula is C21H19F3O. The van der Waals surface area contributed by atoms with E-state index in [1.165, 1.54) is 0 Å². The summed E-state index contributed by atoms with van der Waals surface area (Å²) in [5.74, 6) is 4.42. The highest BCUT2D eigenvalue weighted by molar-refractivity contribution is 5.96. The lowest BCUT2D eigenvalue weighted by molar-refractivity contribution is -0.140. The van der Waals surface area contributed by atoms with Crippen molar-refractivity contribution >= 4 is 5.78 Å². The molecule has 0 aliphatic carbocycles. The van der Waals surface area contributed by atoms with Crippen molar-refractivity contribution in [2.75, 3.05) is 0 Å². The molecule has 130 valence electrons. The highest BCUT2D eigenvalue weighted by Gasteiger charge is 2.31.